The van der Waals surface area contributed by atoms with E-state index in [4.69, 9.17) is 0 Å². The van der Waals surface area contributed by atoms with Gasteiger partial charge in [0.05, 0.1) is 0 Å². The largest absolute Gasteiger partial charge is 0.338 e. The van der Waals surface area contributed by atoms with Crippen molar-refractivity contribution in [2.75, 3.05) is 32.7 Å². The number of rotatable bonds is 5. The third-order valence-electron chi connectivity index (χ3n) is 4.39. The minimum absolute atomic E-state index is 0.0680. The molecule has 1 aromatic carbocycles. The predicted octanol–water partition coefficient (Wildman–Crippen LogP) is 3.13. The van der Waals surface area contributed by atoms with Crippen LogP contribution < -0.4 is 5.32 Å². The van der Waals surface area contributed by atoms with Crippen LogP contribution in [0, 0.1) is 6.92 Å². The number of urea groups is 1. The molecule has 0 unspecified atom stereocenters. The summed E-state index contributed by atoms with van der Waals surface area (Å²) in [7, 11) is 0. The van der Waals surface area contributed by atoms with Crippen molar-refractivity contribution in [3.8, 4) is 0 Å². The lowest BCUT2D eigenvalue weighted by molar-refractivity contribution is 0.136. The zero-order valence-corrected chi connectivity index (χ0v) is 15.0. The lowest BCUT2D eigenvalue weighted by Crippen LogP contribution is -2.51. The molecule has 3 rings (SSSR count). The number of thiophene rings is 1. The molecule has 0 bridgehead atoms. The summed E-state index contributed by atoms with van der Waals surface area (Å²) in [6, 6.07) is 12.8. The molecule has 1 fully saturated rings. The first kappa shape index (κ1) is 17.0. The number of carbonyl (C=O) groups excluding carboxylic acids is 1. The van der Waals surface area contributed by atoms with Crippen LogP contribution in [0.1, 0.15) is 16.0 Å². The lowest BCUT2D eigenvalue weighted by atomic mass is 10.1. The summed E-state index contributed by atoms with van der Waals surface area (Å²) in [5, 5.41) is 5.17. The Labute approximate surface area is 148 Å². The summed E-state index contributed by atoms with van der Waals surface area (Å²) in [6.45, 7) is 7.30. The van der Waals surface area contributed by atoms with Crippen molar-refractivity contribution in [2.45, 2.75) is 19.9 Å². The van der Waals surface area contributed by atoms with Crippen LogP contribution in [0.5, 0.6) is 0 Å². The van der Waals surface area contributed by atoms with Gasteiger partial charge in [-0.1, -0.05) is 35.9 Å². The SMILES string of the molecule is Cc1cccc(CCNC(=O)N2CCN(Cc3cccs3)CC2)c1. The summed E-state index contributed by atoms with van der Waals surface area (Å²) < 4.78 is 0. The fraction of sp³-hybridized carbons (Fsp3) is 0.421. The Morgan fingerprint density at radius 2 is 2.00 bits per heavy atom. The first-order chi connectivity index (χ1) is 11.7. The van der Waals surface area contributed by atoms with Gasteiger partial charge in [-0.05, 0) is 30.4 Å². The highest BCUT2D eigenvalue weighted by Gasteiger charge is 2.20. The van der Waals surface area contributed by atoms with Crippen molar-refractivity contribution >= 4 is 17.4 Å². The summed E-state index contributed by atoms with van der Waals surface area (Å²) >= 11 is 1.80. The zero-order chi connectivity index (χ0) is 16.8. The smallest absolute Gasteiger partial charge is 0.317 e. The number of nitrogens with zero attached hydrogens (tertiary/aromatic N) is 2. The van der Waals surface area contributed by atoms with Crippen LogP contribution in [0.4, 0.5) is 4.79 Å². The summed E-state index contributed by atoms with van der Waals surface area (Å²) in [5.74, 6) is 0. The molecule has 2 heterocycles. The van der Waals surface area contributed by atoms with Crippen molar-refractivity contribution in [2.24, 2.45) is 0 Å². The van der Waals surface area contributed by atoms with Crippen molar-refractivity contribution in [3.63, 3.8) is 0 Å². The van der Waals surface area contributed by atoms with Gasteiger partial charge in [-0.25, -0.2) is 4.79 Å². The lowest BCUT2D eigenvalue weighted by Gasteiger charge is -2.34. The molecule has 0 spiro atoms. The van der Waals surface area contributed by atoms with Crippen molar-refractivity contribution in [3.05, 3.63) is 57.8 Å². The van der Waals surface area contributed by atoms with Gasteiger partial charge < -0.3 is 10.2 Å². The highest BCUT2D eigenvalue weighted by molar-refractivity contribution is 7.09. The standard InChI is InChI=1S/C19H25N3OS/c1-16-4-2-5-17(14-16)7-8-20-19(23)22-11-9-21(10-12-22)15-18-6-3-13-24-18/h2-6,13-14H,7-12,15H2,1H3,(H,20,23). The molecular formula is C19H25N3OS. The van der Waals surface area contributed by atoms with Gasteiger partial charge in [0, 0.05) is 44.1 Å². The minimum atomic E-state index is 0.0680. The number of aryl methyl sites for hydroxylation is 1. The van der Waals surface area contributed by atoms with E-state index < -0.39 is 0 Å². The molecule has 2 amide bonds. The molecule has 4 nitrogen and oxygen atoms in total. The van der Waals surface area contributed by atoms with Crippen LogP contribution in [0.25, 0.3) is 0 Å². The van der Waals surface area contributed by atoms with E-state index in [1.165, 1.54) is 16.0 Å². The molecule has 1 saturated heterocycles. The van der Waals surface area contributed by atoms with E-state index in [-0.39, 0.29) is 6.03 Å². The van der Waals surface area contributed by atoms with Crippen molar-refractivity contribution < 1.29 is 4.79 Å². The molecule has 0 aliphatic carbocycles. The van der Waals surface area contributed by atoms with Gasteiger partial charge >= 0.3 is 6.03 Å². The molecule has 1 aromatic heterocycles. The third-order valence-corrected chi connectivity index (χ3v) is 5.25. The number of carbonyl (C=O) groups is 1. The maximum atomic E-state index is 12.3. The Kier molecular flexibility index (Phi) is 5.88. The van der Waals surface area contributed by atoms with Gasteiger partial charge in [-0.15, -0.1) is 11.3 Å². The molecule has 5 heteroatoms. The van der Waals surface area contributed by atoms with Crippen LogP contribution in [-0.2, 0) is 13.0 Å². The van der Waals surface area contributed by atoms with Gasteiger partial charge in [-0.3, -0.25) is 4.90 Å². The third kappa shape index (κ3) is 4.82. The quantitative estimate of drug-likeness (QED) is 0.905. The van der Waals surface area contributed by atoms with Crippen molar-refractivity contribution in [1.82, 2.24) is 15.1 Å². The Bertz CT molecular complexity index is 648. The Morgan fingerprint density at radius 1 is 1.17 bits per heavy atom. The van der Waals surface area contributed by atoms with E-state index in [2.05, 4.69) is 58.9 Å². The summed E-state index contributed by atoms with van der Waals surface area (Å²) in [6.07, 6.45) is 0.881. The Hall–Kier alpha value is -1.85. The normalized spacial score (nSPS) is 15.5. The van der Waals surface area contributed by atoms with E-state index in [1.54, 1.807) is 11.3 Å². The average molecular weight is 343 g/mol. The first-order valence-corrected chi connectivity index (χ1v) is 9.42. The highest BCUT2D eigenvalue weighted by Crippen LogP contribution is 2.13. The van der Waals surface area contributed by atoms with Gasteiger partial charge in [0.25, 0.3) is 0 Å². The molecule has 1 N–H and O–H groups in total. The Morgan fingerprint density at radius 3 is 2.71 bits per heavy atom. The maximum absolute atomic E-state index is 12.3. The second-order valence-electron chi connectivity index (χ2n) is 6.31. The molecule has 24 heavy (non-hydrogen) atoms. The van der Waals surface area contributed by atoms with E-state index in [0.29, 0.717) is 6.54 Å². The molecule has 0 saturated carbocycles. The van der Waals surface area contributed by atoms with E-state index in [0.717, 1.165) is 39.1 Å². The fourth-order valence-corrected chi connectivity index (χ4v) is 3.77. The number of nitrogens with one attached hydrogen (secondary N) is 1. The maximum Gasteiger partial charge on any atom is 0.317 e. The minimum Gasteiger partial charge on any atom is -0.338 e. The number of benzene rings is 1. The Balaban J connectivity index is 1.37. The van der Waals surface area contributed by atoms with Gasteiger partial charge in [0.2, 0.25) is 0 Å². The van der Waals surface area contributed by atoms with E-state index in [1.807, 2.05) is 4.90 Å². The highest BCUT2D eigenvalue weighted by atomic mass is 32.1. The molecular weight excluding hydrogens is 318 g/mol. The fourth-order valence-electron chi connectivity index (χ4n) is 3.03. The molecule has 2 aromatic rings. The van der Waals surface area contributed by atoms with Gasteiger partial charge in [0.15, 0.2) is 0 Å². The van der Waals surface area contributed by atoms with Crippen molar-refractivity contribution in [1.29, 1.82) is 0 Å². The van der Waals surface area contributed by atoms with E-state index in [9.17, 15) is 4.79 Å². The second-order valence-corrected chi connectivity index (χ2v) is 7.35. The van der Waals surface area contributed by atoms with Gasteiger partial charge in [-0.2, -0.15) is 0 Å². The molecule has 0 atom stereocenters. The topological polar surface area (TPSA) is 35.6 Å². The molecule has 1 aliphatic heterocycles. The van der Waals surface area contributed by atoms with Gasteiger partial charge in [0.1, 0.15) is 0 Å². The number of hydrogen-bond acceptors (Lipinski definition) is 3. The number of piperazine rings is 1. The number of amides is 2. The van der Waals surface area contributed by atoms with Crippen LogP contribution in [0.3, 0.4) is 0 Å². The molecule has 1 aliphatic rings. The monoisotopic (exact) mass is 343 g/mol. The number of hydrogen-bond donors (Lipinski definition) is 1. The molecule has 0 radical (unpaired) electrons. The van der Waals surface area contributed by atoms with E-state index >= 15 is 0 Å². The van der Waals surface area contributed by atoms with Crippen LogP contribution in [0.15, 0.2) is 41.8 Å². The zero-order valence-electron chi connectivity index (χ0n) is 14.2. The second kappa shape index (κ2) is 8.31. The molecule has 128 valence electrons. The predicted molar refractivity (Wildman–Crippen MR) is 99.5 cm³/mol. The van der Waals surface area contributed by atoms with Crippen LogP contribution in [0.2, 0.25) is 0 Å². The van der Waals surface area contributed by atoms with Crippen LogP contribution >= 0.6 is 11.3 Å². The summed E-state index contributed by atoms with van der Waals surface area (Å²) in [5.41, 5.74) is 2.54. The average Bonchev–Trinajstić information content (AvgIpc) is 3.08. The van der Waals surface area contributed by atoms with Crippen LogP contribution in [-0.4, -0.2) is 48.6 Å². The first-order valence-electron chi connectivity index (χ1n) is 8.54. The summed E-state index contributed by atoms with van der Waals surface area (Å²) in [4.78, 5) is 18.0.